The number of rotatable bonds is 0. The predicted octanol–water partition coefficient (Wildman–Crippen LogP) is 3.49. The molecule has 2 rings (SSSR count). The first-order valence-electron chi connectivity index (χ1n) is 5.16. The topological polar surface area (TPSA) is 3.24 Å². The summed E-state index contributed by atoms with van der Waals surface area (Å²) in [5, 5.41) is 0. The average molecular weight is 301 g/mol. The van der Waals surface area contributed by atoms with Crippen molar-refractivity contribution < 1.29 is 0 Å². The lowest BCUT2D eigenvalue weighted by atomic mass is 10.0. The lowest BCUT2D eigenvalue weighted by Crippen LogP contribution is -2.21. The minimum Gasteiger partial charge on any atom is -0.243 e. The summed E-state index contributed by atoms with van der Waals surface area (Å²) in [6.07, 6.45) is 8.24. The first kappa shape index (κ1) is 10.4. The highest BCUT2D eigenvalue weighted by atomic mass is 127. The molecule has 0 fully saturated rings. The summed E-state index contributed by atoms with van der Waals surface area (Å²) < 4.78 is 2.37. The van der Waals surface area contributed by atoms with Crippen molar-refractivity contribution in [3.05, 3.63) is 34.9 Å². The molecule has 0 amide bonds. The Bertz CT molecular complexity index is 325. The van der Waals surface area contributed by atoms with E-state index < -0.39 is 0 Å². The van der Waals surface area contributed by atoms with E-state index in [1.165, 1.54) is 24.1 Å². The lowest BCUT2D eigenvalue weighted by Gasteiger charge is -2.23. The van der Waals surface area contributed by atoms with E-state index in [4.69, 9.17) is 0 Å². The van der Waals surface area contributed by atoms with Crippen molar-refractivity contribution >= 4 is 22.9 Å². The Hall–Kier alpha value is -0.0900. The van der Waals surface area contributed by atoms with E-state index in [-0.39, 0.29) is 0 Å². The van der Waals surface area contributed by atoms with Crippen LogP contribution in [0.2, 0.25) is 0 Å². The largest absolute Gasteiger partial charge is 0.243 e. The molecule has 2 heteroatoms. The van der Waals surface area contributed by atoms with Crippen molar-refractivity contribution in [3.8, 4) is 0 Å². The molecule has 1 nitrogen and oxygen atoms in total. The molecule has 0 saturated heterocycles. The Kier molecular flexibility index (Phi) is 3.12. The van der Waals surface area contributed by atoms with Gasteiger partial charge in [-0.25, -0.2) is 3.11 Å². The normalized spacial score (nSPS) is 28.5. The fraction of sp³-hybridized carbons (Fsp3) is 0.500. The minimum absolute atomic E-state index is 0.600. The smallest absolute Gasteiger partial charge is 0.0335 e. The quantitative estimate of drug-likeness (QED) is 0.489. The van der Waals surface area contributed by atoms with Crippen LogP contribution in [0.5, 0.6) is 0 Å². The van der Waals surface area contributed by atoms with Crippen LogP contribution >= 0.6 is 22.9 Å². The molecule has 0 spiro atoms. The van der Waals surface area contributed by atoms with Crippen molar-refractivity contribution in [1.82, 2.24) is 3.11 Å². The molecular weight excluding hydrogens is 285 g/mol. The van der Waals surface area contributed by atoms with Crippen LogP contribution in [0.15, 0.2) is 34.9 Å². The van der Waals surface area contributed by atoms with Gasteiger partial charge in [0.2, 0.25) is 0 Å². The number of hydrogen-bond donors (Lipinski definition) is 0. The number of allylic oxidation sites excluding steroid dienone is 3. The number of halogens is 1. The molecule has 0 aromatic carbocycles. The zero-order chi connectivity index (χ0) is 10.1. The lowest BCUT2D eigenvalue weighted by molar-refractivity contribution is 0.530. The summed E-state index contributed by atoms with van der Waals surface area (Å²) in [7, 11) is 0. The predicted molar refractivity (Wildman–Crippen MR) is 69.3 cm³/mol. The highest BCUT2D eigenvalue weighted by Gasteiger charge is 2.16. The van der Waals surface area contributed by atoms with Gasteiger partial charge in [0.1, 0.15) is 0 Å². The van der Waals surface area contributed by atoms with Crippen LogP contribution in [0.4, 0.5) is 0 Å². The second-order valence-electron chi connectivity index (χ2n) is 4.18. The van der Waals surface area contributed by atoms with E-state index in [0.717, 1.165) is 6.54 Å². The van der Waals surface area contributed by atoms with E-state index in [0.29, 0.717) is 5.92 Å². The highest BCUT2D eigenvalue weighted by Crippen LogP contribution is 2.28. The van der Waals surface area contributed by atoms with E-state index in [1.54, 1.807) is 5.57 Å². The van der Waals surface area contributed by atoms with Crippen LogP contribution < -0.4 is 0 Å². The molecule has 0 aromatic heterocycles. The van der Waals surface area contributed by atoms with E-state index in [9.17, 15) is 0 Å². The van der Waals surface area contributed by atoms with Crippen LogP contribution in [0.3, 0.4) is 0 Å². The summed E-state index contributed by atoms with van der Waals surface area (Å²) in [4.78, 5) is 0. The van der Waals surface area contributed by atoms with Crippen molar-refractivity contribution in [2.45, 2.75) is 20.3 Å². The van der Waals surface area contributed by atoms with Gasteiger partial charge < -0.3 is 0 Å². The zero-order valence-corrected chi connectivity index (χ0v) is 10.9. The third-order valence-electron chi connectivity index (χ3n) is 3.08. The molecule has 14 heavy (non-hydrogen) atoms. The molecule has 1 unspecified atom stereocenters. The van der Waals surface area contributed by atoms with Gasteiger partial charge in [-0.15, -0.1) is 0 Å². The van der Waals surface area contributed by atoms with Crippen LogP contribution in [-0.2, 0) is 0 Å². The Balaban J connectivity index is 2.33. The maximum absolute atomic E-state index is 2.42. The van der Waals surface area contributed by atoms with Crippen molar-refractivity contribution in [3.63, 3.8) is 0 Å². The van der Waals surface area contributed by atoms with Gasteiger partial charge in [-0.05, 0) is 30.4 Å². The molecule has 0 N–H and O–H groups in total. The van der Waals surface area contributed by atoms with Crippen LogP contribution in [0, 0.1) is 5.92 Å². The summed E-state index contributed by atoms with van der Waals surface area (Å²) in [5.74, 6) is 0.600. The minimum atomic E-state index is 0.600. The van der Waals surface area contributed by atoms with Gasteiger partial charge in [0, 0.05) is 36.0 Å². The average Bonchev–Trinajstić information content (AvgIpc) is 2.27. The first-order chi connectivity index (χ1) is 6.66. The Morgan fingerprint density at radius 1 is 1.43 bits per heavy atom. The summed E-state index contributed by atoms with van der Waals surface area (Å²) in [5.41, 5.74) is 4.54. The first-order valence-corrected chi connectivity index (χ1v) is 6.12. The maximum atomic E-state index is 2.42. The summed E-state index contributed by atoms with van der Waals surface area (Å²) in [6.45, 7) is 6.79. The van der Waals surface area contributed by atoms with Crippen LogP contribution in [0.1, 0.15) is 20.3 Å². The van der Waals surface area contributed by atoms with Gasteiger partial charge in [0.15, 0.2) is 0 Å². The second-order valence-corrected chi connectivity index (χ2v) is 5.55. The SMILES string of the molecule is CC1=CC2=C(C=CC1C)CCN(I)C2. The summed E-state index contributed by atoms with van der Waals surface area (Å²) >= 11 is 2.42. The summed E-state index contributed by atoms with van der Waals surface area (Å²) in [6, 6.07) is 0. The van der Waals surface area contributed by atoms with Crippen LogP contribution in [-0.4, -0.2) is 16.2 Å². The van der Waals surface area contributed by atoms with Gasteiger partial charge in [0.25, 0.3) is 0 Å². The fourth-order valence-electron chi connectivity index (χ4n) is 1.92. The molecule has 76 valence electrons. The fourth-order valence-corrected chi connectivity index (χ4v) is 2.52. The van der Waals surface area contributed by atoms with Crippen molar-refractivity contribution in [2.75, 3.05) is 13.1 Å². The van der Waals surface area contributed by atoms with Crippen molar-refractivity contribution in [2.24, 2.45) is 5.92 Å². The molecule has 0 saturated carbocycles. The van der Waals surface area contributed by atoms with Gasteiger partial charge in [-0.3, -0.25) is 0 Å². The van der Waals surface area contributed by atoms with E-state index >= 15 is 0 Å². The Morgan fingerprint density at radius 2 is 2.21 bits per heavy atom. The molecule has 1 aliphatic carbocycles. The third-order valence-corrected chi connectivity index (χ3v) is 3.91. The molecule has 2 aliphatic rings. The van der Waals surface area contributed by atoms with Gasteiger partial charge >= 0.3 is 0 Å². The monoisotopic (exact) mass is 301 g/mol. The molecule has 1 atom stereocenters. The van der Waals surface area contributed by atoms with E-state index in [2.05, 4.69) is 58.1 Å². The van der Waals surface area contributed by atoms with Crippen LogP contribution in [0.25, 0.3) is 0 Å². The highest BCUT2D eigenvalue weighted by molar-refractivity contribution is 14.1. The molecule has 0 bridgehead atoms. The van der Waals surface area contributed by atoms with Gasteiger partial charge in [0.05, 0.1) is 0 Å². The molecule has 1 heterocycles. The van der Waals surface area contributed by atoms with Gasteiger partial charge in [-0.1, -0.05) is 30.7 Å². The van der Waals surface area contributed by atoms with Gasteiger partial charge in [-0.2, -0.15) is 0 Å². The molecule has 0 aromatic rings. The Labute approximate surface area is 100 Å². The number of nitrogens with zero attached hydrogens (tertiary/aromatic N) is 1. The molecule has 0 radical (unpaired) electrons. The molecule has 1 aliphatic heterocycles. The van der Waals surface area contributed by atoms with Crippen molar-refractivity contribution in [1.29, 1.82) is 0 Å². The molecular formula is C12H16IN. The zero-order valence-electron chi connectivity index (χ0n) is 8.76. The second kappa shape index (κ2) is 4.19. The maximum Gasteiger partial charge on any atom is 0.0335 e. The Morgan fingerprint density at radius 3 is 3.00 bits per heavy atom. The van der Waals surface area contributed by atoms with E-state index in [1.807, 2.05) is 0 Å². The standard InChI is InChI=1S/C12H16IN/c1-9-3-4-11-5-6-14(13)8-12(11)7-10(9)2/h3-4,7,9H,5-6,8H2,1-2H3. The third kappa shape index (κ3) is 2.11. The number of hydrogen-bond acceptors (Lipinski definition) is 1.